The van der Waals surface area contributed by atoms with Crippen LogP contribution in [0.4, 0.5) is 0 Å². The zero-order valence-corrected chi connectivity index (χ0v) is 6.73. The Kier molecular flexibility index (Phi) is 1.46. The lowest BCUT2D eigenvalue weighted by molar-refractivity contribution is 1.42. The molecule has 0 unspecified atom stereocenters. The van der Waals surface area contributed by atoms with Crippen molar-refractivity contribution in [3.63, 3.8) is 0 Å². The molecule has 3 heteroatoms. The van der Waals surface area contributed by atoms with Crippen molar-refractivity contribution in [2.75, 3.05) is 0 Å². The molecule has 0 fully saturated rings. The molecule has 0 saturated heterocycles. The average molecular weight is 159 g/mol. The molecule has 0 atom stereocenters. The molecule has 0 aliphatic carbocycles. The van der Waals surface area contributed by atoms with Crippen LogP contribution in [-0.4, -0.2) is 12.8 Å². The van der Waals surface area contributed by atoms with Crippen molar-refractivity contribution in [1.29, 1.82) is 0 Å². The Morgan fingerprint density at radius 3 is 3.00 bits per heavy atom. The maximum atomic E-state index is 5.60. The van der Waals surface area contributed by atoms with Gasteiger partial charge < -0.3 is 4.98 Å². The van der Waals surface area contributed by atoms with Gasteiger partial charge in [-0.25, -0.2) is 0 Å². The molecule has 1 aromatic carbocycles. The molecule has 0 aliphatic heterocycles. The lowest BCUT2D eigenvalue weighted by Gasteiger charge is -1.92. The van der Waals surface area contributed by atoms with Gasteiger partial charge in [-0.15, -0.1) is 12.6 Å². The van der Waals surface area contributed by atoms with Gasteiger partial charge in [-0.3, -0.25) is 0 Å². The quantitative estimate of drug-likeness (QED) is 0.425. The highest BCUT2D eigenvalue weighted by atomic mass is 32.1. The molecule has 2 aromatic rings. The molecule has 0 aliphatic rings. The minimum Gasteiger partial charge on any atom is -0.360 e. The summed E-state index contributed by atoms with van der Waals surface area (Å²) in [6, 6.07) is 5.73. The van der Waals surface area contributed by atoms with Crippen molar-refractivity contribution in [3.05, 3.63) is 24.4 Å². The first-order chi connectivity index (χ1) is 5.27. The second-order valence-electron chi connectivity index (χ2n) is 2.48. The minimum atomic E-state index is 0.771. The summed E-state index contributed by atoms with van der Waals surface area (Å²) >= 11 is 4.26. The predicted octanol–water partition coefficient (Wildman–Crippen LogP) is 1.25. The van der Waals surface area contributed by atoms with Crippen LogP contribution in [0, 0.1) is 0 Å². The van der Waals surface area contributed by atoms with Crippen molar-refractivity contribution >= 4 is 36.8 Å². The van der Waals surface area contributed by atoms with Crippen LogP contribution in [0.5, 0.6) is 0 Å². The molecule has 11 heavy (non-hydrogen) atoms. The number of thiol groups is 1. The van der Waals surface area contributed by atoms with E-state index in [1.54, 1.807) is 0 Å². The van der Waals surface area contributed by atoms with E-state index in [1.165, 1.54) is 0 Å². The Labute approximate surface area is 71.6 Å². The Bertz CT molecular complexity index is 394. The van der Waals surface area contributed by atoms with Crippen molar-refractivity contribution in [2.24, 2.45) is 0 Å². The maximum absolute atomic E-state index is 5.60. The second kappa shape index (κ2) is 2.34. The van der Waals surface area contributed by atoms with Gasteiger partial charge in [0, 0.05) is 22.0 Å². The third kappa shape index (κ3) is 1.05. The first-order valence-electron chi connectivity index (χ1n) is 3.33. The molecule has 2 radical (unpaired) electrons. The van der Waals surface area contributed by atoms with Gasteiger partial charge in [0.15, 0.2) is 0 Å². The van der Waals surface area contributed by atoms with Gasteiger partial charge in [0.2, 0.25) is 0 Å². The highest BCUT2D eigenvalue weighted by molar-refractivity contribution is 7.80. The molecule has 1 N–H and O–H groups in total. The van der Waals surface area contributed by atoms with E-state index in [2.05, 4.69) is 17.6 Å². The fraction of sp³-hybridized carbons (Fsp3) is 0. The number of rotatable bonds is 0. The smallest absolute Gasteiger partial charge is 0.113 e. The minimum absolute atomic E-state index is 0.771. The van der Waals surface area contributed by atoms with Crippen LogP contribution in [0.15, 0.2) is 29.3 Å². The molecule has 0 bridgehead atoms. The third-order valence-corrected chi connectivity index (χ3v) is 2.05. The van der Waals surface area contributed by atoms with Crippen LogP contribution in [0.3, 0.4) is 0 Å². The molecular formula is C8H6BNS. The molecule has 0 amide bonds. The van der Waals surface area contributed by atoms with Gasteiger partial charge in [-0.1, -0.05) is 17.6 Å². The number of fused-ring (bicyclic) bond motifs is 1. The predicted molar refractivity (Wildman–Crippen MR) is 50.9 cm³/mol. The van der Waals surface area contributed by atoms with E-state index in [1.807, 2.05) is 24.4 Å². The maximum Gasteiger partial charge on any atom is 0.113 e. The standard InChI is InChI=1S/C8H6BNS/c9-5-1-2-7-6(3-5)8(11)4-10-7/h1-4,10-11H. The van der Waals surface area contributed by atoms with Crippen molar-refractivity contribution in [3.8, 4) is 0 Å². The molecular weight excluding hydrogens is 153 g/mol. The van der Waals surface area contributed by atoms with Crippen LogP contribution in [0.2, 0.25) is 0 Å². The van der Waals surface area contributed by atoms with Crippen LogP contribution >= 0.6 is 12.6 Å². The molecule has 52 valence electrons. The van der Waals surface area contributed by atoms with Crippen molar-refractivity contribution in [2.45, 2.75) is 4.90 Å². The van der Waals surface area contributed by atoms with Crippen molar-refractivity contribution in [1.82, 2.24) is 4.98 Å². The van der Waals surface area contributed by atoms with Gasteiger partial charge in [0.1, 0.15) is 7.85 Å². The Morgan fingerprint density at radius 1 is 1.36 bits per heavy atom. The van der Waals surface area contributed by atoms with Gasteiger partial charge in [0.05, 0.1) is 0 Å². The summed E-state index contributed by atoms with van der Waals surface area (Å²) in [5, 5.41) is 1.08. The topological polar surface area (TPSA) is 15.8 Å². The largest absolute Gasteiger partial charge is 0.360 e. The van der Waals surface area contributed by atoms with Crippen LogP contribution < -0.4 is 5.46 Å². The van der Waals surface area contributed by atoms with Crippen LogP contribution in [-0.2, 0) is 0 Å². The fourth-order valence-electron chi connectivity index (χ4n) is 1.12. The number of benzene rings is 1. The highest BCUT2D eigenvalue weighted by Crippen LogP contribution is 2.19. The van der Waals surface area contributed by atoms with E-state index in [-0.39, 0.29) is 0 Å². The van der Waals surface area contributed by atoms with Gasteiger partial charge >= 0.3 is 0 Å². The summed E-state index contributed by atoms with van der Waals surface area (Å²) in [6.07, 6.45) is 1.85. The van der Waals surface area contributed by atoms with Gasteiger partial charge in [-0.05, 0) is 6.07 Å². The Hall–Kier alpha value is -0.825. The first kappa shape index (κ1) is 6.86. The van der Waals surface area contributed by atoms with E-state index in [0.717, 1.165) is 21.3 Å². The summed E-state index contributed by atoms with van der Waals surface area (Å²) < 4.78 is 0. The van der Waals surface area contributed by atoms with Crippen LogP contribution in [0.25, 0.3) is 10.9 Å². The SMILES string of the molecule is [B]c1ccc2[nH]cc(S)c2c1. The monoisotopic (exact) mass is 159 g/mol. The lowest BCUT2D eigenvalue weighted by Crippen LogP contribution is -1.98. The number of nitrogens with one attached hydrogen (secondary N) is 1. The van der Waals surface area contributed by atoms with E-state index in [4.69, 9.17) is 7.85 Å². The number of aromatic nitrogens is 1. The summed E-state index contributed by atoms with van der Waals surface area (Å²) in [5.74, 6) is 0. The van der Waals surface area contributed by atoms with Gasteiger partial charge in [0.25, 0.3) is 0 Å². The van der Waals surface area contributed by atoms with E-state index >= 15 is 0 Å². The molecule has 1 aromatic heterocycles. The number of hydrogen-bond acceptors (Lipinski definition) is 1. The highest BCUT2D eigenvalue weighted by Gasteiger charge is 1.97. The Balaban J connectivity index is 2.87. The molecule has 0 spiro atoms. The van der Waals surface area contributed by atoms with E-state index < -0.39 is 0 Å². The molecule has 2 rings (SSSR count). The molecule has 1 nitrogen and oxygen atoms in total. The summed E-state index contributed by atoms with van der Waals surface area (Å²) in [4.78, 5) is 4.02. The number of H-pyrrole nitrogens is 1. The van der Waals surface area contributed by atoms with Crippen molar-refractivity contribution < 1.29 is 0 Å². The van der Waals surface area contributed by atoms with E-state index in [9.17, 15) is 0 Å². The average Bonchev–Trinajstić information content (AvgIpc) is 2.33. The Morgan fingerprint density at radius 2 is 2.18 bits per heavy atom. The summed E-state index contributed by atoms with van der Waals surface area (Å²) in [5.41, 5.74) is 1.84. The number of aromatic amines is 1. The second-order valence-corrected chi connectivity index (χ2v) is 2.96. The normalized spacial score (nSPS) is 10.6. The summed E-state index contributed by atoms with van der Waals surface area (Å²) in [6.45, 7) is 0. The first-order valence-corrected chi connectivity index (χ1v) is 3.77. The van der Waals surface area contributed by atoms with Crippen LogP contribution in [0.1, 0.15) is 0 Å². The molecule has 1 heterocycles. The fourth-order valence-corrected chi connectivity index (χ4v) is 1.37. The van der Waals surface area contributed by atoms with Gasteiger partial charge in [-0.2, -0.15) is 0 Å². The number of hydrogen-bond donors (Lipinski definition) is 2. The lowest BCUT2D eigenvalue weighted by atomic mass is 9.95. The third-order valence-electron chi connectivity index (χ3n) is 1.68. The zero-order valence-electron chi connectivity index (χ0n) is 5.83. The van der Waals surface area contributed by atoms with E-state index in [0.29, 0.717) is 0 Å². The zero-order chi connectivity index (χ0) is 7.84. The summed E-state index contributed by atoms with van der Waals surface area (Å²) in [7, 11) is 5.60. The molecule has 0 saturated carbocycles.